The quantitative estimate of drug-likeness (QED) is 0.774. The summed E-state index contributed by atoms with van der Waals surface area (Å²) >= 11 is 0. The van der Waals surface area contributed by atoms with Crippen LogP contribution in [0, 0.1) is 5.92 Å². The summed E-state index contributed by atoms with van der Waals surface area (Å²) in [5.74, 6) is -0.633. The summed E-state index contributed by atoms with van der Waals surface area (Å²) in [5, 5.41) is 12.2. The molecule has 0 radical (unpaired) electrons. The minimum absolute atomic E-state index is 0.140. The van der Waals surface area contributed by atoms with Crippen molar-refractivity contribution in [1.82, 2.24) is 5.32 Å². The zero-order valence-corrected chi connectivity index (χ0v) is 9.81. The van der Waals surface area contributed by atoms with Crippen molar-refractivity contribution < 1.29 is 9.90 Å². The first-order valence-electron chi connectivity index (χ1n) is 5.65. The van der Waals surface area contributed by atoms with Gasteiger partial charge in [-0.2, -0.15) is 0 Å². The molecule has 0 unspecified atom stereocenters. The van der Waals surface area contributed by atoms with E-state index in [9.17, 15) is 4.79 Å². The molecule has 1 aromatic carbocycles. The lowest BCUT2D eigenvalue weighted by Gasteiger charge is -2.20. The Labute approximate surface area is 96.5 Å². The minimum atomic E-state index is -0.773. The Kier molecular flexibility index (Phi) is 4.99. The zero-order valence-electron chi connectivity index (χ0n) is 9.81. The fourth-order valence-electron chi connectivity index (χ4n) is 1.59. The van der Waals surface area contributed by atoms with Crippen LogP contribution in [-0.4, -0.2) is 17.1 Å². The van der Waals surface area contributed by atoms with Crippen molar-refractivity contribution in [3.05, 3.63) is 35.9 Å². The second-order valence-electron chi connectivity index (χ2n) is 4.07. The molecule has 0 saturated heterocycles. The van der Waals surface area contributed by atoms with Crippen LogP contribution < -0.4 is 5.32 Å². The molecule has 0 aromatic heterocycles. The number of carbonyl (C=O) groups is 1. The molecule has 0 heterocycles. The minimum Gasteiger partial charge on any atom is -0.480 e. The number of rotatable bonds is 6. The van der Waals surface area contributed by atoms with Gasteiger partial charge in [0.25, 0.3) is 0 Å². The molecule has 3 heteroatoms. The van der Waals surface area contributed by atoms with Crippen molar-refractivity contribution in [1.29, 1.82) is 0 Å². The van der Waals surface area contributed by atoms with Gasteiger partial charge in [-0.05, 0) is 11.5 Å². The predicted molar refractivity (Wildman–Crippen MR) is 64.2 cm³/mol. The molecule has 1 aromatic rings. The van der Waals surface area contributed by atoms with E-state index < -0.39 is 12.0 Å². The molecule has 0 bridgehead atoms. The first kappa shape index (κ1) is 12.7. The molecule has 88 valence electrons. The molecule has 2 atom stereocenters. The highest BCUT2D eigenvalue weighted by atomic mass is 16.4. The number of hydrogen-bond donors (Lipinski definition) is 2. The van der Waals surface area contributed by atoms with Gasteiger partial charge in [0.1, 0.15) is 6.04 Å². The molecular formula is C13H19NO2. The van der Waals surface area contributed by atoms with Crippen LogP contribution >= 0.6 is 0 Å². The molecule has 3 nitrogen and oxygen atoms in total. The number of aliphatic carboxylic acids is 1. The lowest BCUT2D eigenvalue weighted by Crippen LogP contribution is -2.41. The number of carboxylic acids is 1. The third-order valence-electron chi connectivity index (χ3n) is 2.85. The lowest BCUT2D eigenvalue weighted by molar-refractivity contribution is -0.140. The van der Waals surface area contributed by atoms with E-state index in [0.29, 0.717) is 6.54 Å². The second-order valence-corrected chi connectivity index (χ2v) is 4.07. The van der Waals surface area contributed by atoms with E-state index in [2.05, 4.69) is 5.32 Å². The molecule has 0 aliphatic rings. The summed E-state index contributed by atoms with van der Waals surface area (Å²) in [5.41, 5.74) is 1.11. The third kappa shape index (κ3) is 3.66. The summed E-state index contributed by atoms with van der Waals surface area (Å²) in [6, 6.07) is 9.37. The van der Waals surface area contributed by atoms with E-state index in [4.69, 9.17) is 5.11 Å². The van der Waals surface area contributed by atoms with Gasteiger partial charge in [0.15, 0.2) is 0 Å². The van der Waals surface area contributed by atoms with Crippen molar-refractivity contribution in [3.63, 3.8) is 0 Å². The smallest absolute Gasteiger partial charge is 0.320 e. The highest BCUT2D eigenvalue weighted by Gasteiger charge is 2.22. The number of carboxylic acid groups (broad SMARTS) is 1. The maximum Gasteiger partial charge on any atom is 0.320 e. The Balaban J connectivity index is 2.54. The summed E-state index contributed by atoms with van der Waals surface area (Å²) < 4.78 is 0. The van der Waals surface area contributed by atoms with Crippen molar-refractivity contribution in [2.45, 2.75) is 32.9 Å². The third-order valence-corrected chi connectivity index (χ3v) is 2.85. The Morgan fingerprint density at radius 3 is 2.50 bits per heavy atom. The molecule has 0 saturated carbocycles. The molecule has 0 aliphatic heterocycles. The highest BCUT2D eigenvalue weighted by molar-refractivity contribution is 5.73. The van der Waals surface area contributed by atoms with Crippen LogP contribution in [0.1, 0.15) is 25.8 Å². The van der Waals surface area contributed by atoms with E-state index >= 15 is 0 Å². The second kappa shape index (κ2) is 6.28. The SMILES string of the molecule is CC[C@H](C)[C@H](NCc1ccccc1)C(=O)O. The average molecular weight is 221 g/mol. The van der Waals surface area contributed by atoms with Gasteiger partial charge < -0.3 is 10.4 Å². The highest BCUT2D eigenvalue weighted by Crippen LogP contribution is 2.09. The van der Waals surface area contributed by atoms with Crippen LogP contribution in [0.5, 0.6) is 0 Å². The largest absolute Gasteiger partial charge is 0.480 e. The normalized spacial score (nSPS) is 14.4. The van der Waals surface area contributed by atoms with Gasteiger partial charge >= 0.3 is 5.97 Å². The van der Waals surface area contributed by atoms with Gasteiger partial charge in [0.2, 0.25) is 0 Å². The van der Waals surface area contributed by atoms with Crippen LogP contribution in [-0.2, 0) is 11.3 Å². The first-order chi connectivity index (χ1) is 7.65. The van der Waals surface area contributed by atoms with E-state index in [1.54, 1.807) is 0 Å². The van der Waals surface area contributed by atoms with Gasteiger partial charge in [-0.1, -0.05) is 50.6 Å². The fraction of sp³-hybridized carbons (Fsp3) is 0.462. The van der Waals surface area contributed by atoms with Crippen LogP contribution in [0.25, 0.3) is 0 Å². The maximum absolute atomic E-state index is 11.1. The van der Waals surface area contributed by atoms with E-state index in [-0.39, 0.29) is 5.92 Å². The Bertz CT molecular complexity index is 324. The van der Waals surface area contributed by atoms with Crippen molar-refractivity contribution in [2.24, 2.45) is 5.92 Å². The molecule has 1 rings (SSSR count). The molecular weight excluding hydrogens is 202 g/mol. The van der Waals surface area contributed by atoms with Gasteiger partial charge in [0.05, 0.1) is 0 Å². The van der Waals surface area contributed by atoms with Crippen LogP contribution in [0.4, 0.5) is 0 Å². The van der Waals surface area contributed by atoms with Crippen LogP contribution in [0.15, 0.2) is 30.3 Å². The fourth-order valence-corrected chi connectivity index (χ4v) is 1.59. The van der Waals surface area contributed by atoms with E-state index in [1.807, 2.05) is 44.2 Å². The lowest BCUT2D eigenvalue weighted by atomic mass is 9.99. The molecule has 2 N–H and O–H groups in total. The Morgan fingerprint density at radius 1 is 1.38 bits per heavy atom. The van der Waals surface area contributed by atoms with Crippen molar-refractivity contribution in [2.75, 3.05) is 0 Å². The number of benzene rings is 1. The van der Waals surface area contributed by atoms with Crippen LogP contribution in [0.2, 0.25) is 0 Å². The molecule has 0 spiro atoms. The maximum atomic E-state index is 11.1. The average Bonchev–Trinajstić information content (AvgIpc) is 2.30. The Hall–Kier alpha value is -1.35. The summed E-state index contributed by atoms with van der Waals surface area (Å²) in [6.07, 6.45) is 0.860. The van der Waals surface area contributed by atoms with Crippen LogP contribution in [0.3, 0.4) is 0 Å². The van der Waals surface area contributed by atoms with Gasteiger partial charge in [-0.15, -0.1) is 0 Å². The predicted octanol–water partition coefficient (Wildman–Crippen LogP) is 2.28. The molecule has 16 heavy (non-hydrogen) atoms. The van der Waals surface area contributed by atoms with Gasteiger partial charge in [0, 0.05) is 6.54 Å². The monoisotopic (exact) mass is 221 g/mol. The summed E-state index contributed by atoms with van der Waals surface area (Å²) in [7, 11) is 0. The summed E-state index contributed by atoms with van der Waals surface area (Å²) in [4.78, 5) is 11.1. The number of hydrogen-bond acceptors (Lipinski definition) is 2. The Morgan fingerprint density at radius 2 is 2.00 bits per heavy atom. The number of nitrogens with one attached hydrogen (secondary N) is 1. The van der Waals surface area contributed by atoms with Crippen molar-refractivity contribution >= 4 is 5.97 Å². The molecule has 0 aliphatic carbocycles. The molecule has 0 amide bonds. The van der Waals surface area contributed by atoms with E-state index in [0.717, 1.165) is 12.0 Å². The van der Waals surface area contributed by atoms with Gasteiger partial charge in [-0.25, -0.2) is 0 Å². The van der Waals surface area contributed by atoms with E-state index in [1.165, 1.54) is 0 Å². The first-order valence-corrected chi connectivity index (χ1v) is 5.65. The summed E-state index contributed by atoms with van der Waals surface area (Å²) in [6.45, 7) is 4.56. The van der Waals surface area contributed by atoms with Gasteiger partial charge in [-0.3, -0.25) is 4.79 Å². The molecule has 0 fully saturated rings. The zero-order chi connectivity index (χ0) is 12.0. The standard InChI is InChI=1S/C13H19NO2/c1-3-10(2)12(13(15)16)14-9-11-7-5-4-6-8-11/h4-8,10,12,14H,3,9H2,1-2H3,(H,15,16)/t10-,12-/m0/s1. The topological polar surface area (TPSA) is 49.3 Å². The van der Waals surface area contributed by atoms with Crippen molar-refractivity contribution in [3.8, 4) is 0 Å².